The zero-order valence-electron chi connectivity index (χ0n) is 12.3. The quantitative estimate of drug-likeness (QED) is 0.726. The highest BCUT2D eigenvalue weighted by atomic mass is 19.1. The molecular formula is C18H19FN2. The summed E-state index contributed by atoms with van der Waals surface area (Å²) in [4.78, 5) is 3.27. The molecule has 0 fully saturated rings. The molecule has 2 N–H and O–H groups in total. The molecule has 21 heavy (non-hydrogen) atoms. The second-order valence-corrected chi connectivity index (χ2v) is 5.47. The highest BCUT2D eigenvalue weighted by Gasteiger charge is 2.08. The molecule has 0 spiro atoms. The number of aromatic amines is 1. The maximum atomic E-state index is 13.6. The average molecular weight is 282 g/mol. The maximum Gasteiger partial charge on any atom is 0.126 e. The van der Waals surface area contributed by atoms with Crippen LogP contribution >= 0.6 is 0 Å². The highest BCUT2D eigenvalue weighted by molar-refractivity contribution is 5.82. The first-order valence-electron chi connectivity index (χ1n) is 7.19. The summed E-state index contributed by atoms with van der Waals surface area (Å²) >= 11 is 0. The Hall–Kier alpha value is -2.13. The largest absolute Gasteiger partial charge is 0.361 e. The topological polar surface area (TPSA) is 27.8 Å². The highest BCUT2D eigenvalue weighted by Crippen LogP contribution is 2.20. The SMILES string of the molecule is Cc1ccc(C(C)NCc2cccc3cc[nH]c23)cc1F. The molecule has 1 atom stereocenters. The van der Waals surface area contributed by atoms with Crippen molar-refractivity contribution in [3.8, 4) is 0 Å². The van der Waals surface area contributed by atoms with Gasteiger partial charge in [0.15, 0.2) is 0 Å². The minimum absolute atomic E-state index is 0.102. The second kappa shape index (κ2) is 5.70. The van der Waals surface area contributed by atoms with E-state index in [0.717, 1.165) is 17.6 Å². The number of nitrogens with one attached hydrogen (secondary N) is 2. The number of rotatable bonds is 4. The molecule has 3 aromatic rings. The molecule has 3 rings (SSSR count). The predicted molar refractivity (Wildman–Crippen MR) is 84.7 cm³/mol. The normalized spacial score (nSPS) is 12.7. The summed E-state index contributed by atoms with van der Waals surface area (Å²) in [5.74, 6) is -0.146. The fraction of sp³-hybridized carbons (Fsp3) is 0.222. The van der Waals surface area contributed by atoms with Crippen LogP contribution in [0.5, 0.6) is 0 Å². The molecule has 0 bridgehead atoms. The summed E-state index contributed by atoms with van der Waals surface area (Å²) in [5.41, 5.74) is 4.03. The number of fused-ring (bicyclic) bond motifs is 1. The molecule has 0 saturated heterocycles. The molecule has 2 aromatic carbocycles. The molecule has 1 unspecified atom stereocenters. The van der Waals surface area contributed by atoms with E-state index in [1.807, 2.05) is 18.3 Å². The van der Waals surface area contributed by atoms with E-state index in [4.69, 9.17) is 0 Å². The lowest BCUT2D eigenvalue weighted by Crippen LogP contribution is -2.18. The van der Waals surface area contributed by atoms with Crippen LogP contribution in [-0.2, 0) is 6.54 Å². The van der Waals surface area contributed by atoms with Gasteiger partial charge in [0.25, 0.3) is 0 Å². The molecule has 3 heteroatoms. The third-order valence-corrected chi connectivity index (χ3v) is 3.97. The molecule has 2 nitrogen and oxygen atoms in total. The minimum atomic E-state index is -0.146. The van der Waals surface area contributed by atoms with Gasteiger partial charge >= 0.3 is 0 Å². The van der Waals surface area contributed by atoms with Gasteiger partial charge in [-0.15, -0.1) is 0 Å². The van der Waals surface area contributed by atoms with E-state index in [-0.39, 0.29) is 11.9 Å². The van der Waals surface area contributed by atoms with E-state index < -0.39 is 0 Å². The van der Waals surface area contributed by atoms with E-state index in [1.165, 1.54) is 10.9 Å². The van der Waals surface area contributed by atoms with Crippen LogP contribution in [0.4, 0.5) is 4.39 Å². The monoisotopic (exact) mass is 282 g/mol. The smallest absolute Gasteiger partial charge is 0.126 e. The lowest BCUT2D eigenvalue weighted by Gasteiger charge is -2.15. The van der Waals surface area contributed by atoms with Crippen molar-refractivity contribution in [2.24, 2.45) is 0 Å². The van der Waals surface area contributed by atoms with Gasteiger partial charge in [0.1, 0.15) is 5.82 Å². The second-order valence-electron chi connectivity index (χ2n) is 5.47. The molecule has 0 aliphatic rings. The summed E-state index contributed by atoms with van der Waals surface area (Å²) in [6.07, 6.45) is 1.95. The zero-order chi connectivity index (χ0) is 14.8. The van der Waals surface area contributed by atoms with Crippen molar-refractivity contribution in [1.29, 1.82) is 0 Å². The molecule has 1 aromatic heterocycles. The number of H-pyrrole nitrogens is 1. The zero-order valence-corrected chi connectivity index (χ0v) is 12.3. The van der Waals surface area contributed by atoms with E-state index in [1.54, 1.807) is 13.0 Å². The molecule has 0 saturated carbocycles. The third-order valence-electron chi connectivity index (χ3n) is 3.97. The van der Waals surface area contributed by atoms with Crippen LogP contribution in [0.2, 0.25) is 0 Å². The Morgan fingerprint density at radius 1 is 1.19 bits per heavy atom. The van der Waals surface area contributed by atoms with Crippen molar-refractivity contribution in [3.63, 3.8) is 0 Å². The van der Waals surface area contributed by atoms with Crippen molar-refractivity contribution >= 4 is 10.9 Å². The van der Waals surface area contributed by atoms with Crippen LogP contribution in [0.3, 0.4) is 0 Å². The van der Waals surface area contributed by atoms with E-state index in [9.17, 15) is 4.39 Å². The minimum Gasteiger partial charge on any atom is -0.361 e. The van der Waals surface area contributed by atoms with Crippen molar-refractivity contribution < 1.29 is 4.39 Å². The number of hydrogen-bond acceptors (Lipinski definition) is 1. The molecule has 0 aliphatic carbocycles. The maximum absolute atomic E-state index is 13.6. The fourth-order valence-corrected chi connectivity index (χ4v) is 2.56. The summed E-state index contributed by atoms with van der Waals surface area (Å²) in [6, 6.07) is 13.8. The predicted octanol–water partition coefficient (Wildman–Crippen LogP) is 4.47. The summed E-state index contributed by atoms with van der Waals surface area (Å²) in [5, 5.41) is 4.67. The first-order chi connectivity index (χ1) is 10.1. The number of halogens is 1. The van der Waals surface area contributed by atoms with E-state index in [0.29, 0.717) is 5.56 Å². The summed E-state index contributed by atoms with van der Waals surface area (Å²) in [6.45, 7) is 4.58. The Balaban J connectivity index is 1.75. The third kappa shape index (κ3) is 2.83. The lowest BCUT2D eigenvalue weighted by atomic mass is 10.1. The molecule has 0 aliphatic heterocycles. The van der Waals surface area contributed by atoms with Crippen LogP contribution < -0.4 is 5.32 Å². The van der Waals surface area contributed by atoms with Crippen LogP contribution in [-0.4, -0.2) is 4.98 Å². The van der Waals surface area contributed by atoms with Crippen molar-refractivity contribution in [1.82, 2.24) is 10.3 Å². The summed E-state index contributed by atoms with van der Waals surface area (Å²) in [7, 11) is 0. The van der Waals surface area contributed by atoms with Crippen molar-refractivity contribution in [3.05, 3.63) is 71.2 Å². The Morgan fingerprint density at radius 2 is 2.05 bits per heavy atom. The molecular weight excluding hydrogens is 263 g/mol. The Labute approximate surface area is 124 Å². The molecule has 0 radical (unpaired) electrons. The Kier molecular flexibility index (Phi) is 3.76. The van der Waals surface area contributed by atoms with E-state index >= 15 is 0 Å². The lowest BCUT2D eigenvalue weighted by molar-refractivity contribution is 0.564. The number of para-hydroxylation sites is 1. The number of benzene rings is 2. The summed E-state index contributed by atoms with van der Waals surface area (Å²) < 4.78 is 13.6. The fourth-order valence-electron chi connectivity index (χ4n) is 2.56. The van der Waals surface area contributed by atoms with Gasteiger partial charge in [-0.2, -0.15) is 0 Å². The first-order valence-corrected chi connectivity index (χ1v) is 7.19. The van der Waals surface area contributed by atoms with Gasteiger partial charge in [-0.05, 0) is 48.1 Å². The first kappa shape index (κ1) is 13.8. The number of hydrogen-bond donors (Lipinski definition) is 2. The van der Waals surface area contributed by atoms with Gasteiger partial charge in [0.05, 0.1) is 0 Å². The van der Waals surface area contributed by atoms with Gasteiger partial charge in [-0.25, -0.2) is 4.39 Å². The number of aromatic nitrogens is 1. The molecule has 108 valence electrons. The van der Waals surface area contributed by atoms with Gasteiger partial charge < -0.3 is 10.3 Å². The number of aryl methyl sites for hydroxylation is 1. The molecule has 0 amide bonds. The molecule has 1 heterocycles. The van der Waals surface area contributed by atoms with Crippen LogP contribution in [0.1, 0.15) is 29.7 Å². The van der Waals surface area contributed by atoms with Crippen molar-refractivity contribution in [2.45, 2.75) is 26.4 Å². The van der Waals surface area contributed by atoms with Gasteiger partial charge in [0, 0.05) is 24.3 Å². The van der Waals surface area contributed by atoms with Crippen LogP contribution in [0, 0.1) is 12.7 Å². The Morgan fingerprint density at radius 3 is 2.86 bits per heavy atom. The Bertz CT molecular complexity index is 761. The standard InChI is InChI=1S/C18H19FN2/c1-12-6-7-15(10-17(12)19)13(2)21-11-16-5-3-4-14-8-9-20-18(14)16/h3-10,13,20-21H,11H2,1-2H3. The van der Waals surface area contributed by atoms with Gasteiger partial charge in [-0.3, -0.25) is 0 Å². The van der Waals surface area contributed by atoms with Crippen LogP contribution in [0.15, 0.2) is 48.7 Å². The van der Waals surface area contributed by atoms with Crippen LogP contribution in [0.25, 0.3) is 10.9 Å². The van der Waals surface area contributed by atoms with E-state index in [2.05, 4.69) is 41.5 Å². The van der Waals surface area contributed by atoms with Gasteiger partial charge in [0.2, 0.25) is 0 Å². The van der Waals surface area contributed by atoms with Gasteiger partial charge in [-0.1, -0.05) is 30.3 Å². The average Bonchev–Trinajstić information content (AvgIpc) is 2.96. The van der Waals surface area contributed by atoms with Crippen molar-refractivity contribution in [2.75, 3.05) is 0 Å².